The van der Waals surface area contributed by atoms with Crippen LogP contribution in [0.1, 0.15) is 40.4 Å². The fourth-order valence-corrected chi connectivity index (χ4v) is 4.26. The number of hydrogen-bond donors (Lipinski definition) is 2. The van der Waals surface area contributed by atoms with Crippen molar-refractivity contribution in [2.75, 3.05) is 5.75 Å². The predicted octanol–water partition coefficient (Wildman–Crippen LogP) is 4.32. The van der Waals surface area contributed by atoms with Crippen LogP contribution in [0.5, 0.6) is 0 Å². The molecular weight excluding hydrogens is 358 g/mol. The van der Waals surface area contributed by atoms with E-state index in [0.29, 0.717) is 17.0 Å². The SMILES string of the molecule is O=C(CCc1ccccc1C(=O)O)NC1CCSc2ccc(Cl)cc21. The molecule has 0 radical (unpaired) electrons. The second-order valence-corrected chi connectivity index (χ2v) is 7.47. The number of carboxylic acids is 1. The number of halogens is 1. The average molecular weight is 376 g/mol. The summed E-state index contributed by atoms with van der Waals surface area (Å²) >= 11 is 7.86. The summed E-state index contributed by atoms with van der Waals surface area (Å²) in [5, 5.41) is 12.9. The number of amides is 1. The Kier molecular flexibility index (Phi) is 5.66. The Bertz CT molecular complexity index is 809. The number of carbonyl (C=O) groups excluding carboxylic acids is 1. The molecule has 0 fully saturated rings. The number of aromatic carboxylic acids is 1. The highest BCUT2D eigenvalue weighted by atomic mass is 35.5. The number of hydrogen-bond acceptors (Lipinski definition) is 3. The van der Waals surface area contributed by atoms with Crippen molar-refractivity contribution in [3.63, 3.8) is 0 Å². The maximum absolute atomic E-state index is 12.4. The third-order valence-corrected chi connectivity index (χ3v) is 5.57. The van der Waals surface area contributed by atoms with Crippen LogP contribution >= 0.6 is 23.4 Å². The van der Waals surface area contributed by atoms with Gasteiger partial charge < -0.3 is 10.4 Å². The van der Waals surface area contributed by atoms with Gasteiger partial charge in [0.25, 0.3) is 0 Å². The van der Waals surface area contributed by atoms with E-state index < -0.39 is 5.97 Å². The third kappa shape index (κ3) is 4.35. The van der Waals surface area contributed by atoms with E-state index in [1.54, 1.807) is 36.0 Å². The van der Waals surface area contributed by atoms with Gasteiger partial charge in [-0.3, -0.25) is 4.79 Å². The van der Waals surface area contributed by atoms with Gasteiger partial charge in [-0.15, -0.1) is 11.8 Å². The zero-order valence-electron chi connectivity index (χ0n) is 13.5. The van der Waals surface area contributed by atoms with E-state index in [-0.39, 0.29) is 23.9 Å². The third-order valence-electron chi connectivity index (χ3n) is 4.22. The lowest BCUT2D eigenvalue weighted by Crippen LogP contribution is -2.30. The van der Waals surface area contributed by atoms with Gasteiger partial charge >= 0.3 is 5.97 Å². The first kappa shape index (κ1) is 17.8. The minimum atomic E-state index is -0.969. The molecule has 0 bridgehead atoms. The first-order chi connectivity index (χ1) is 12.0. The Morgan fingerprint density at radius 1 is 1.24 bits per heavy atom. The summed E-state index contributed by atoms with van der Waals surface area (Å²) in [6, 6.07) is 12.5. The van der Waals surface area contributed by atoms with Crippen LogP contribution in [0.25, 0.3) is 0 Å². The molecule has 2 N–H and O–H groups in total. The number of fused-ring (bicyclic) bond motifs is 1. The van der Waals surface area contributed by atoms with Crippen molar-refractivity contribution in [3.05, 3.63) is 64.2 Å². The van der Waals surface area contributed by atoms with E-state index in [2.05, 4.69) is 5.32 Å². The first-order valence-electron chi connectivity index (χ1n) is 8.07. The van der Waals surface area contributed by atoms with E-state index in [0.717, 1.165) is 22.6 Å². The van der Waals surface area contributed by atoms with Crippen LogP contribution in [0.4, 0.5) is 0 Å². The fraction of sp³-hybridized carbons (Fsp3) is 0.263. The van der Waals surface area contributed by atoms with Crippen LogP contribution in [0.15, 0.2) is 47.4 Å². The van der Waals surface area contributed by atoms with Gasteiger partial charge in [0.05, 0.1) is 11.6 Å². The van der Waals surface area contributed by atoms with Crippen LogP contribution in [0.2, 0.25) is 5.02 Å². The predicted molar refractivity (Wildman–Crippen MR) is 99.4 cm³/mol. The lowest BCUT2D eigenvalue weighted by molar-refractivity contribution is -0.121. The molecule has 1 unspecified atom stereocenters. The lowest BCUT2D eigenvalue weighted by Gasteiger charge is -2.26. The van der Waals surface area contributed by atoms with E-state index >= 15 is 0 Å². The van der Waals surface area contributed by atoms with Crippen molar-refractivity contribution >= 4 is 35.2 Å². The zero-order chi connectivity index (χ0) is 17.8. The number of nitrogens with one attached hydrogen (secondary N) is 1. The molecular formula is C19H18ClNO3S. The fourth-order valence-electron chi connectivity index (χ4n) is 2.98. The molecule has 0 aliphatic carbocycles. The van der Waals surface area contributed by atoms with Gasteiger partial charge in [0.1, 0.15) is 0 Å². The van der Waals surface area contributed by atoms with Crippen LogP contribution in [0.3, 0.4) is 0 Å². The van der Waals surface area contributed by atoms with E-state index in [1.807, 2.05) is 18.2 Å². The largest absolute Gasteiger partial charge is 0.478 e. The van der Waals surface area contributed by atoms with E-state index in [9.17, 15) is 14.7 Å². The molecule has 130 valence electrons. The number of aryl methyl sites for hydroxylation is 1. The Balaban J connectivity index is 1.65. The molecule has 0 aromatic heterocycles. The van der Waals surface area contributed by atoms with Crippen LogP contribution in [0, 0.1) is 0 Å². The normalized spacial score (nSPS) is 16.1. The smallest absolute Gasteiger partial charge is 0.335 e. The number of thioether (sulfide) groups is 1. The molecule has 1 heterocycles. The average Bonchev–Trinajstić information content (AvgIpc) is 2.60. The van der Waals surface area contributed by atoms with Crippen LogP contribution in [-0.2, 0) is 11.2 Å². The molecule has 0 saturated heterocycles. The quantitative estimate of drug-likeness (QED) is 0.816. The molecule has 25 heavy (non-hydrogen) atoms. The minimum absolute atomic E-state index is 0.0443. The molecule has 1 aliphatic rings. The van der Waals surface area contributed by atoms with Crippen molar-refractivity contribution in [1.29, 1.82) is 0 Å². The molecule has 1 aliphatic heterocycles. The number of carboxylic acid groups (broad SMARTS) is 1. The Hall–Kier alpha value is -1.98. The number of benzene rings is 2. The van der Waals surface area contributed by atoms with Crippen molar-refractivity contribution in [2.45, 2.75) is 30.2 Å². The Labute approximate surface area is 155 Å². The maximum atomic E-state index is 12.4. The highest BCUT2D eigenvalue weighted by Gasteiger charge is 2.22. The Morgan fingerprint density at radius 3 is 2.84 bits per heavy atom. The standard InChI is InChI=1S/C19H18ClNO3S/c20-13-6-7-17-15(11-13)16(9-10-25-17)21-18(22)8-5-12-3-1-2-4-14(12)19(23)24/h1-4,6-7,11,16H,5,8-10H2,(H,21,22)(H,23,24). The lowest BCUT2D eigenvalue weighted by atomic mass is 10.0. The van der Waals surface area contributed by atoms with Crippen LogP contribution in [-0.4, -0.2) is 22.7 Å². The van der Waals surface area contributed by atoms with E-state index in [4.69, 9.17) is 11.6 Å². The molecule has 3 rings (SSSR count). The maximum Gasteiger partial charge on any atom is 0.335 e. The van der Waals surface area contributed by atoms with Gasteiger partial charge in [0.2, 0.25) is 5.91 Å². The first-order valence-corrected chi connectivity index (χ1v) is 9.44. The summed E-state index contributed by atoms with van der Waals surface area (Å²) in [6.07, 6.45) is 1.51. The van der Waals surface area contributed by atoms with Crippen LogP contribution < -0.4 is 5.32 Å². The second-order valence-electron chi connectivity index (χ2n) is 5.90. The monoisotopic (exact) mass is 375 g/mol. The van der Waals surface area contributed by atoms with E-state index in [1.165, 1.54) is 0 Å². The second kappa shape index (κ2) is 7.93. The van der Waals surface area contributed by atoms with Gasteiger partial charge in [-0.1, -0.05) is 29.8 Å². The summed E-state index contributed by atoms with van der Waals surface area (Å²) in [5.41, 5.74) is 1.98. The molecule has 6 heteroatoms. The molecule has 4 nitrogen and oxygen atoms in total. The topological polar surface area (TPSA) is 66.4 Å². The van der Waals surface area contributed by atoms with Crippen molar-refractivity contribution < 1.29 is 14.7 Å². The molecule has 0 saturated carbocycles. The number of carbonyl (C=O) groups is 2. The summed E-state index contributed by atoms with van der Waals surface area (Å²) < 4.78 is 0. The zero-order valence-corrected chi connectivity index (χ0v) is 15.1. The van der Waals surface area contributed by atoms with Crippen molar-refractivity contribution in [1.82, 2.24) is 5.32 Å². The summed E-state index contributed by atoms with van der Waals surface area (Å²) in [7, 11) is 0. The molecule has 2 aromatic rings. The van der Waals surface area contributed by atoms with Crippen molar-refractivity contribution in [2.24, 2.45) is 0 Å². The summed E-state index contributed by atoms with van der Waals surface area (Å²) in [5.74, 6) is -0.103. The van der Waals surface area contributed by atoms with Gasteiger partial charge in [-0.2, -0.15) is 0 Å². The summed E-state index contributed by atoms with van der Waals surface area (Å²) in [4.78, 5) is 24.7. The molecule has 2 aromatic carbocycles. The molecule has 0 spiro atoms. The molecule has 1 amide bonds. The minimum Gasteiger partial charge on any atom is -0.478 e. The highest BCUT2D eigenvalue weighted by Crippen LogP contribution is 2.37. The van der Waals surface area contributed by atoms with Gasteiger partial charge in [-0.25, -0.2) is 4.79 Å². The summed E-state index contributed by atoms with van der Waals surface area (Å²) in [6.45, 7) is 0. The molecule has 1 atom stereocenters. The van der Waals surface area contributed by atoms with Gasteiger partial charge in [0, 0.05) is 22.1 Å². The van der Waals surface area contributed by atoms with Gasteiger partial charge in [0.15, 0.2) is 0 Å². The van der Waals surface area contributed by atoms with Crippen molar-refractivity contribution in [3.8, 4) is 0 Å². The number of rotatable bonds is 5. The van der Waals surface area contributed by atoms with Gasteiger partial charge in [-0.05, 0) is 48.2 Å². The Morgan fingerprint density at radius 2 is 2.04 bits per heavy atom. The highest BCUT2D eigenvalue weighted by molar-refractivity contribution is 7.99.